The first-order valence-electron chi connectivity index (χ1n) is 11.1. The van der Waals surface area contributed by atoms with Crippen LogP contribution in [0.5, 0.6) is 0 Å². The minimum absolute atomic E-state index is 0.0775. The van der Waals surface area contributed by atoms with Gasteiger partial charge in [0, 0.05) is 12.5 Å². The summed E-state index contributed by atoms with van der Waals surface area (Å²) in [4.78, 5) is 25.4. The predicted octanol–water partition coefficient (Wildman–Crippen LogP) is 3.43. The lowest BCUT2D eigenvalue weighted by Crippen LogP contribution is -2.46. The summed E-state index contributed by atoms with van der Waals surface area (Å²) in [6.45, 7) is 9.16. The van der Waals surface area contributed by atoms with E-state index in [-0.39, 0.29) is 24.3 Å². The molecule has 0 heterocycles. The average molecular weight is 413 g/mol. The maximum atomic E-state index is 13.2. The van der Waals surface area contributed by atoms with E-state index in [0.717, 1.165) is 38.5 Å². The van der Waals surface area contributed by atoms with Crippen LogP contribution in [-0.2, 0) is 14.3 Å². The van der Waals surface area contributed by atoms with Crippen molar-refractivity contribution in [3.8, 4) is 0 Å². The fourth-order valence-corrected chi connectivity index (χ4v) is 3.44. The molecule has 0 saturated heterocycles. The van der Waals surface area contributed by atoms with Crippen molar-refractivity contribution in [1.82, 2.24) is 5.32 Å². The van der Waals surface area contributed by atoms with Gasteiger partial charge in [-0.25, -0.2) is 4.79 Å². The number of rotatable bonds is 16. The zero-order valence-corrected chi connectivity index (χ0v) is 19.2. The summed E-state index contributed by atoms with van der Waals surface area (Å²) in [5.74, 6) is 0.112. The van der Waals surface area contributed by atoms with Crippen molar-refractivity contribution in [1.29, 1.82) is 0 Å². The Morgan fingerprint density at radius 3 is 2.21 bits per heavy atom. The standard InChI is InChI=1S/C23H44N2O4/c1-17(2)12-13-19(10-7-9-15-26)20(16-18(3)4)22(27)25-21(23(28)29-5)11-6-8-14-24/h12-13,17-21,26H,6-11,14-16,24H2,1-5H3,(H,25,27)/b13-12+/t19-,20-,21+/m1/s1. The van der Waals surface area contributed by atoms with Crippen molar-refractivity contribution in [2.24, 2.45) is 29.4 Å². The number of allylic oxidation sites excluding steroid dienone is 2. The molecule has 0 radical (unpaired) electrons. The molecule has 0 aromatic carbocycles. The fourth-order valence-electron chi connectivity index (χ4n) is 3.44. The third kappa shape index (κ3) is 12.7. The average Bonchev–Trinajstić information content (AvgIpc) is 2.67. The van der Waals surface area contributed by atoms with Crippen LogP contribution < -0.4 is 11.1 Å². The van der Waals surface area contributed by atoms with Gasteiger partial charge in [0.05, 0.1) is 7.11 Å². The summed E-state index contributed by atoms with van der Waals surface area (Å²) in [6.07, 6.45) is 9.56. The summed E-state index contributed by atoms with van der Waals surface area (Å²) in [5, 5.41) is 12.1. The van der Waals surface area contributed by atoms with Gasteiger partial charge in [0.15, 0.2) is 0 Å². The Hall–Kier alpha value is -1.40. The van der Waals surface area contributed by atoms with Gasteiger partial charge < -0.3 is 20.9 Å². The second-order valence-corrected chi connectivity index (χ2v) is 8.62. The number of hydrogen-bond acceptors (Lipinski definition) is 5. The van der Waals surface area contributed by atoms with Crippen molar-refractivity contribution in [3.05, 3.63) is 12.2 Å². The highest BCUT2D eigenvalue weighted by atomic mass is 16.5. The van der Waals surface area contributed by atoms with Crippen LogP contribution in [0.2, 0.25) is 0 Å². The Bertz CT molecular complexity index is 477. The lowest BCUT2D eigenvalue weighted by atomic mass is 9.81. The Kier molecular flexibility index (Phi) is 15.6. The van der Waals surface area contributed by atoms with Gasteiger partial charge in [0.25, 0.3) is 0 Å². The van der Waals surface area contributed by atoms with Crippen LogP contribution in [0.1, 0.15) is 72.6 Å². The summed E-state index contributed by atoms with van der Waals surface area (Å²) in [5.41, 5.74) is 5.55. The topological polar surface area (TPSA) is 102 Å². The molecule has 0 aliphatic carbocycles. The smallest absolute Gasteiger partial charge is 0.328 e. The van der Waals surface area contributed by atoms with Crippen LogP contribution in [0.15, 0.2) is 12.2 Å². The summed E-state index contributed by atoms with van der Waals surface area (Å²) in [7, 11) is 1.35. The molecule has 0 unspecified atom stereocenters. The van der Waals surface area contributed by atoms with E-state index >= 15 is 0 Å². The van der Waals surface area contributed by atoms with E-state index in [2.05, 4.69) is 45.2 Å². The molecule has 6 nitrogen and oxygen atoms in total. The van der Waals surface area contributed by atoms with Crippen molar-refractivity contribution < 1.29 is 19.4 Å². The van der Waals surface area contributed by atoms with Crippen LogP contribution in [0.4, 0.5) is 0 Å². The Labute approximate surface area is 177 Å². The second-order valence-electron chi connectivity index (χ2n) is 8.62. The summed E-state index contributed by atoms with van der Waals surface area (Å²) < 4.78 is 4.90. The summed E-state index contributed by atoms with van der Waals surface area (Å²) in [6, 6.07) is -0.638. The van der Waals surface area contributed by atoms with E-state index in [1.807, 2.05) is 0 Å². The van der Waals surface area contributed by atoms with E-state index in [1.54, 1.807) is 0 Å². The Morgan fingerprint density at radius 1 is 1.03 bits per heavy atom. The molecule has 1 amide bonds. The molecular formula is C23H44N2O4. The normalized spacial score (nSPS) is 14.9. The molecule has 0 aromatic rings. The highest BCUT2D eigenvalue weighted by Gasteiger charge is 2.30. The van der Waals surface area contributed by atoms with Gasteiger partial charge >= 0.3 is 5.97 Å². The molecule has 6 heteroatoms. The molecule has 0 bridgehead atoms. The maximum Gasteiger partial charge on any atom is 0.328 e. The van der Waals surface area contributed by atoms with Crippen LogP contribution in [0.25, 0.3) is 0 Å². The predicted molar refractivity (Wildman–Crippen MR) is 118 cm³/mol. The highest BCUT2D eigenvalue weighted by Crippen LogP contribution is 2.28. The first-order chi connectivity index (χ1) is 13.8. The number of amides is 1. The molecule has 0 fully saturated rings. The molecule has 0 spiro atoms. The first-order valence-corrected chi connectivity index (χ1v) is 11.1. The van der Waals surface area contributed by atoms with Crippen LogP contribution in [-0.4, -0.2) is 43.3 Å². The maximum absolute atomic E-state index is 13.2. The van der Waals surface area contributed by atoms with Gasteiger partial charge in [-0.2, -0.15) is 0 Å². The van der Waals surface area contributed by atoms with Crippen LogP contribution in [0.3, 0.4) is 0 Å². The molecule has 0 aromatic heterocycles. The number of esters is 1. The van der Waals surface area contributed by atoms with Gasteiger partial charge in [0.2, 0.25) is 5.91 Å². The lowest BCUT2D eigenvalue weighted by Gasteiger charge is -2.28. The summed E-state index contributed by atoms with van der Waals surface area (Å²) >= 11 is 0. The van der Waals surface area contributed by atoms with Crippen molar-refractivity contribution in [2.75, 3.05) is 20.3 Å². The van der Waals surface area contributed by atoms with Crippen LogP contribution >= 0.6 is 0 Å². The van der Waals surface area contributed by atoms with E-state index < -0.39 is 12.0 Å². The molecule has 29 heavy (non-hydrogen) atoms. The lowest BCUT2D eigenvalue weighted by molar-refractivity contribution is -0.146. The van der Waals surface area contributed by atoms with Gasteiger partial charge in [-0.1, -0.05) is 46.3 Å². The molecule has 0 aliphatic rings. The number of methoxy groups -OCH3 is 1. The number of aliphatic hydroxyl groups excluding tert-OH is 1. The third-order valence-electron chi connectivity index (χ3n) is 5.02. The van der Waals surface area contributed by atoms with Gasteiger partial charge in [-0.3, -0.25) is 4.79 Å². The Morgan fingerprint density at radius 2 is 1.69 bits per heavy atom. The first kappa shape index (κ1) is 27.6. The van der Waals surface area contributed by atoms with E-state index in [0.29, 0.717) is 24.8 Å². The zero-order valence-electron chi connectivity index (χ0n) is 19.2. The number of nitrogens with one attached hydrogen (secondary N) is 1. The molecule has 3 atom stereocenters. The number of ether oxygens (including phenoxy) is 1. The Balaban J connectivity index is 5.45. The minimum atomic E-state index is -0.638. The number of unbranched alkanes of at least 4 members (excludes halogenated alkanes) is 2. The number of nitrogens with two attached hydrogens (primary N) is 1. The molecular weight excluding hydrogens is 368 g/mol. The SMILES string of the molecule is COC(=O)[C@H](CCCCN)NC(=O)[C@H](CC(C)C)[C@@H](/C=C/C(C)C)CCCCO. The highest BCUT2D eigenvalue weighted by molar-refractivity contribution is 5.86. The van der Waals surface area contributed by atoms with E-state index in [1.165, 1.54) is 7.11 Å². The quantitative estimate of drug-likeness (QED) is 0.205. The molecule has 0 saturated carbocycles. The second kappa shape index (κ2) is 16.4. The van der Waals surface area contributed by atoms with E-state index in [4.69, 9.17) is 15.6 Å². The molecule has 4 N–H and O–H groups in total. The molecule has 0 rings (SSSR count). The van der Waals surface area contributed by atoms with Crippen molar-refractivity contribution >= 4 is 11.9 Å². The zero-order chi connectivity index (χ0) is 22.2. The van der Waals surface area contributed by atoms with Gasteiger partial charge in [-0.15, -0.1) is 0 Å². The minimum Gasteiger partial charge on any atom is -0.467 e. The largest absolute Gasteiger partial charge is 0.467 e. The number of hydrogen-bond donors (Lipinski definition) is 3. The number of carbonyl (C=O) groups excluding carboxylic acids is 2. The van der Waals surface area contributed by atoms with E-state index in [9.17, 15) is 9.59 Å². The molecule has 0 aliphatic heterocycles. The number of aliphatic hydroxyl groups is 1. The third-order valence-corrected chi connectivity index (χ3v) is 5.02. The monoisotopic (exact) mass is 412 g/mol. The van der Waals surface area contributed by atoms with Gasteiger partial charge in [0.1, 0.15) is 6.04 Å². The van der Waals surface area contributed by atoms with Crippen LogP contribution in [0, 0.1) is 23.7 Å². The van der Waals surface area contributed by atoms with Crippen molar-refractivity contribution in [2.45, 2.75) is 78.7 Å². The van der Waals surface area contributed by atoms with Gasteiger partial charge in [-0.05, 0) is 62.8 Å². The van der Waals surface area contributed by atoms with Crippen molar-refractivity contribution in [3.63, 3.8) is 0 Å². The fraction of sp³-hybridized carbons (Fsp3) is 0.826. The molecule has 170 valence electrons. The number of carbonyl (C=O) groups is 2.